The van der Waals surface area contributed by atoms with Crippen molar-refractivity contribution in [1.82, 2.24) is 5.32 Å². The number of ether oxygens (including phenoxy) is 1. The largest absolute Gasteiger partial charge is 0.468 e. The number of alkyl halides is 1. The Kier molecular flexibility index (Phi) is 1.12. The zero-order valence-corrected chi connectivity index (χ0v) is 6.32. The van der Waals surface area contributed by atoms with E-state index < -0.39 is 11.2 Å². The van der Waals surface area contributed by atoms with E-state index in [1.165, 1.54) is 7.11 Å². The Labute approximate surface area is 63.9 Å². The van der Waals surface area contributed by atoms with Crippen LogP contribution in [0.5, 0.6) is 0 Å². The summed E-state index contributed by atoms with van der Waals surface area (Å²) in [5.74, 6) is -0.330. The first-order valence-electron chi connectivity index (χ1n) is 3.63. The summed E-state index contributed by atoms with van der Waals surface area (Å²) >= 11 is 0. The van der Waals surface area contributed by atoms with E-state index in [9.17, 15) is 9.18 Å². The number of halogens is 1. The van der Waals surface area contributed by atoms with E-state index >= 15 is 0 Å². The average molecular weight is 159 g/mol. The van der Waals surface area contributed by atoms with Crippen molar-refractivity contribution in [2.75, 3.05) is 13.7 Å². The Morgan fingerprint density at radius 2 is 2.27 bits per heavy atom. The standard InChI is InChI=1S/C7H10FNO2/c1-11-5(10)7-2-6(8,3-7)4-9-7/h9H,2-4H2,1H3. The summed E-state index contributed by atoms with van der Waals surface area (Å²) in [7, 11) is 1.33. The maximum absolute atomic E-state index is 13.1. The van der Waals surface area contributed by atoms with Gasteiger partial charge < -0.3 is 4.74 Å². The molecule has 0 aromatic carbocycles. The summed E-state index contributed by atoms with van der Waals surface area (Å²) in [6, 6.07) is 0. The van der Waals surface area contributed by atoms with Gasteiger partial charge in [0.25, 0.3) is 0 Å². The van der Waals surface area contributed by atoms with Crippen molar-refractivity contribution in [2.45, 2.75) is 24.0 Å². The Bertz CT molecular complexity index is 210. The molecule has 0 aromatic rings. The number of fused-ring (bicyclic) bond motifs is 1. The van der Waals surface area contributed by atoms with Gasteiger partial charge in [0.15, 0.2) is 0 Å². The molecule has 2 heterocycles. The van der Waals surface area contributed by atoms with Gasteiger partial charge >= 0.3 is 5.97 Å². The maximum Gasteiger partial charge on any atom is 0.326 e. The monoisotopic (exact) mass is 159 g/mol. The van der Waals surface area contributed by atoms with Gasteiger partial charge in [-0.25, -0.2) is 4.39 Å². The summed E-state index contributed by atoms with van der Waals surface area (Å²) in [4.78, 5) is 11.1. The Hall–Kier alpha value is -0.640. The molecule has 2 bridgehead atoms. The van der Waals surface area contributed by atoms with Crippen LogP contribution in [0.15, 0.2) is 0 Å². The first-order valence-corrected chi connectivity index (χ1v) is 3.63. The minimum absolute atomic E-state index is 0.284. The first-order chi connectivity index (χ1) is 5.10. The van der Waals surface area contributed by atoms with Crippen LogP contribution in [0.3, 0.4) is 0 Å². The van der Waals surface area contributed by atoms with Crippen molar-refractivity contribution in [3.8, 4) is 0 Å². The zero-order valence-electron chi connectivity index (χ0n) is 6.32. The van der Waals surface area contributed by atoms with E-state index in [1.54, 1.807) is 0 Å². The van der Waals surface area contributed by atoms with Crippen LogP contribution < -0.4 is 5.32 Å². The van der Waals surface area contributed by atoms with Gasteiger partial charge in [-0.2, -0.15) is 0 Å². The molecule has 62 valence electrons. The lowest BCUT2D eigenvalue weighted by atomic mass is 9.71. The molecule has 2 aliphatic heterocycles. The molecule has 0 atom stereocenters. The first kappa shape index (κ1) is 7.03. The molecule has 1 N–H and O–H groups in total. The molecule has 0 amide bonds. The summed E-state index contributed by atoms with van der Waals surface area (Å²) in [5.41, 5.74) is -1.81. The highest BCUT2D eigenvalue weighted by molar-refractivity contribution is 5.83. The van der Waals surface area contributed by atoms with Crippen LogP contribution >= 0.6 is 0 Å². The van der Waals surface area contributed by atoms with E-state index in [4.69, 9.17) is 0 Å². The minimum Gasteiger partial charge on any atom is -0.468 e. The number of methoxy groups -OCH3 is 1. The van der Waals surface area contributed by atoms with Gasteiger partial charge in [0, 0.05) is 19.4 Å². The average Bonchev–Trinajstić information content (AvgIpc) is 2.40. The van der Waals surface area contributed by atoms with Crippen LogP contribution in [0.25, 0.3) is 0 Å². The third kappa shape index (κ3) is 0.730. The van der Waals surface area contributed by atoms with Crippen molar-refractivity contribution in [1.29, 1.82) is 0 Å². The van der Waals surface area contributed by atoms with E-state index in [0.717, 1.165) is 0 Å². The Morgan fingerprint density at radius 3 is 2.64 bits per heavy atom. The van der Waals surface area contributed by atoms with E-state index in [1.807, 2.05) is 0 Å². The molecule has 3 rings (SSSR count). The lowest BCUT2D eigenvalue weighted by molar-refractivity contribution is -0.153. The van der Waals surface area contributed by atoms with Crippen LogP contribution in [0.4, 0.5) is 4.39 Å². The Balaban J connectivity index is 2.13. The van der Waals surface area contributed by atoms with Crippen LogP contribution in [-0.4, -0.2) is 30.8 Å². The van der Waals surface area contributed by atoms with Crippen molar-refractivity contribution in [2.24, 2.45) is 0 Å². The summed E-state index contributed by atoms with van der Waals surface area (Å²) in [6.45, 7) is 0.294. The lowest BCUT2D eigenvalue weighted by Gasteiger charge is -2.38. The third-order valence-corrected chi connectivity index (χ3v) is 2.56. The van der Waals surface area contributed by atoms with Crippen molar-refractivity contribution >= 4 is 5.97 Å². The molecule has 0 radical (unpaired) electrons. The second kappa shape index (κ2) is 1.75. The van der Waals surface area contributed by atoms with Gasteiger partial charge in [-0.05, 0) is 0 Å². The van der Waals surface area contributed by atoms with Crippen molar-refractivity contribution < 1.29 is 13.9 Å². The molecule has 0 spiro atoms. The molecule has 2 saturated heterocycles. The van der Waals surface area contributed by atoms with Gasteiger partial charge in [0.2, 0.25) is 0 Å². The van der Waals surface area contributed by atoms with Gasteiger partial charge in [0.05, 0.1) is 7.11 Å². The van der Waals surface area contributed by atoms with E-state index in [0.29, 0.717) is 6.54 Å². The molecule has 4 heteroatoms. The fourth-order valence-electron chi connectivity index (χ4n) is 2.02. The third-order valence-electron chi connectivity index (χ3n) is 2.56. The van der Waals surface area contributed by atoms with Crippen LogP contribution in [0.1, 0.15) is 12.8 Å². The highest BCUT2D eigenvalue weighted by Gasteiger charge is 2.66. The molecule has 3 nitrogen and oxygen atoms in total. The highest BCUT2D eigenvalue weighted by atomic mass is 19.1. The lowest BCUT2D eigenvalue weighted by Crippen LogP contribution is -2.55. The number of hydrogen-bond acceptors (Lipinski definition) is 3. The number of carbonyl (C=O) groups is 1. The number of nitrogens with one attached hydrogen (secondary N) is 1. The molecule has 0 unspecified atom stereocenters. The van der Waals surface area contributed by atoms with Crippen LogP contribution in [0, 0.1) is 0 Å². The predicted octanol–water partition coefficient (Wildman–Crippen LogP) is 0.00350. The number of rotatable bonds is 1. The van der Waals surface area contributed by atoms with Crippen molar-refractivity contribution in [3.63, 3.8) is 0 Å². The predicted molar refractivity (Wildman–Crippen MR) is 35.8 cm³/mol. The van der Waals surface area contributed by atoms with Gasteiger partial charge in [-0.1, -0.05) is 0 Å². The quantitative estimate of drug-likeness (QED) is 0.547. The molecule has 0 aromatic heterocycles. The second-order valence-electron chi connectivity index (χ2n) is 3.43. The number of hydrogen-bond donors (Lipinski definition) is 1. The molecule has 1 aliphatic carbocycles. The van der Waals surface area contributed by atoms with Crippen LogP contribution in [0.2, 0.25) is 0 Å². The van der Waals surface area contributed by atoms with Crippen molar-refractivity contribution in [3.05, 3.63) is 0 Å². The molecule has 3 aliphatic rings. The molecular weight excluding hydrogens is 149 g/mol. The molecule has 1 saturated carbocycles. The zero-order chi connectivity index (χ0) is 8.11. The SMILES string of the molecule is COC(=O)C12CC(F)(CN1)C2. The summed E-state index contributed by atoms with van der Waals surface area (Å²) in [5, 5.41) is 2.85. The second-order valence-corrected chi connectivity index (χ2v) is 3.43. The minimum atomic E-state index is -1.13. The van der Waals surface area contributed by atoms with Gasteiger partial charge in [-0.3, -0.25) is 10.1 Å². The van der Waals surface area contributed by atoms with E-state index in [-0.39, 0.29) is 18.8 Å². The summed E-state index contributed by atoms with van der Waals surface area (Å²) < 4.78 is 17.7. The smallest absolute Gasteiger partial charge is 0.326 e. The van der Waals surface area contributed by atoms with Gasteiger partial charge in [-0.15, -0.1) is 0 Å². The Morgan fingerprint density at radius 1 is 1.64 bits per heavy atom. The van der Waals surface area contributed by atoms with Gasteiger partial charge in [0.1, 0.15) is 11.2 Å². The normalized spacial score (nSPS) is 46.7. The molecular formula is C7H10FNO2. The molecule has 11 heavy (non-hydrogen) atoms. The van der Waals surface area contributed by atoms with E-state index in [2.05, 4.69) is 10.1 Å². The summed E-state index contributed by atoms with van der Waals surface area (Å²) in [6.07, 6.45) is 0.569. The number of carbonyl (C=O) groups excluding carboxylic acids is 1. The number of esters is 1. The van der Waals surface area contributed by atoms with Crippen LogP contribution in [-0.2, 0) is 9.53 Å². The maximum atomic E-state index is 13.1. The topological polar surface area (TPSA) is 38.3 Å². The fourth-order valence-corrected chi connectivity index (χ4v) is 2.02. The fraction of sp³-hybridized carbons (Fsp3) is 0.857. The highest BCUT2D eigenvalue weighted by Crippen LogP contribution is 2.50. The molecule has 3 fully saturated rings.